The number of halogens is 2. The van der Waals surface area contributed by atoms with Crippen LogP contribution in [0.4, 0.5) is 0 Å². The number of carbonyl (C=O) groups excluding carboxylic acids is 2. The van der Waals surface area contributed by atoms with E-state index in [9.17, 15) is 19.5 Å². The van der Waals surface area contributed by atoms with Crippen LogP contribution < -0.4 is 10.6 Å². The summed E-state index contributed by atoms with van der Waals surface area (Å²) < 4.78 is 0.807. The van der Waals surface area contributed by atoms with E-state index < -0.39 is 23.8 Å². The van der Waals surface area contributed by atoms with E-state index >= 15 is 0 Å². The van der Waals surface area contributed by atoms with Crippen molar-refractivity contribution in [3.63, 3.8) is 0 Å². The Morgan fingerprint density at radius 1 is 1.10 bits per heavy atom. The molecule has 2 aromatic rings. The third-order valence-corrected chi connectivity index (χ3v) is 4.99. The summed E-state index contributed by atoms with van der Waals surface area (Å²) in [5.74, 6) is -2.31. The Hall–Kier alpha value is -2.64. The number of nitrogens with one attached hydrogen (secondary N) is 2. The van der Waals surface area contributed by atoms with Crippen LogP contribution in [-0.2, 0) is 9.59 Å². The van der Waals surface area contributed by atoms with Gasteiger partial charge in [0.2, 0.25) is 0 Å². The molecule has 0 aromatic heterocycles. The van der Waals surface area contributed by atoms with Crippen LogP contribution in [0, 0.1) is 5.92 Å². The molecule has 8 heteroatoms. The van der Waals surface area contributed by atoms with Gasteiger partial charge < -0.3 is 15.7 Å². The normalized spacial score (nSPS) is 12.4. The second-order valence-corrected chi connectivity index (χ2v) is 8.36. The average molecular weight is 494 g/mol. The Bertz CT molecular complexity index is 958. The molecular weight excluding hydrogens is 472 g/mol. The smallest absolute Gasteiger partial charge is 0.326 e. The molecule has 2 amide bonds. The predicted octanol–water partition coefficient (Wildman–Crippen LogP) is 4.49. The molecule has 0 heterocycles. The molecule has 0 saturated heterocycles. The highest BCUT2D eigenvalue weighted by molar-refractivity contribution is 9.10. The van der Waals surface area contributed by atoms with Gasteiger partial charge in [-0.05, 0) is 54.3 Å². The molecule has 0 spiro atoms. The van der Waals surface area contributed by atoms with E-state index in [1.54, 1.807) is 48.5 Å². The minimum atomic E-state index is -1.15. The number of carbonyl (C=O) groups is 3. The van der Waals surface area contributed by atoms with Gasteiger partial charge in [0.1, 0.15) is 11.7 Å². The summed E-state index contributed by atoms with van der Waals surface area (Å²) in [5, 5.41) is 14.9. The van der Waals surface area contributed by atoms with Crippen molar-refractivity contribution < 1.29 is 19.5 Å². The number of benzene rings is 2. The van der Waals surface area contributed by atoms with E-state index in [-0.39, 0.29) is 18.0 Å². The molecular formula is C22H22BrClN2O4. The van der Waals surface area contributed by atoms with Crippen LogP contribution in [0.3, 0.4) is 0 Å². The molecule has 2 rings (SSSR count). The van der Waals surface area contributed by atoms with E-state index in [2.05, 4.69) is 26.6 Å². The number of hydrogen-bond acceptors (Lipinski definition) is 3. The van der Waals surface area contributed by atoms with Crippen LogP contribution in [0.5, 0.6) is 0 Å². The third-order valence-electron chi connectivity index (χ3n) is 4.11. The molecule has 0 aliphatic heterocycles. The summed E-state index contributed by atoms with van der Waals surface area (Å²) in [6.45, 7) is 3.72. The Morgan fingerprint density at radius 2 is 1.73 bits per heavy atom. The van der Waals surface area contributed by atoms with Crippen molar-refractivity contribution in [3.05, 3.63) is 74.9 Å². The van der Waals surface area contributed by atoms with E-state index in [0.717, 1.165) is 4.47 Å². The van der Waals surface area contributed by atoms with Crippen LogP contribution in [-0.4, -0.2) is 28.9 Å². The van der Waals surface area contributed by atoms with Gasteiger partial charge in [-0.3, -0.25) is 9.59 Å². The summed E-state index contributed by atoms with van der Waals surface area (Å²) in [7, 11) is 0. The topological polar surface area (TPSA) is 95.5 Å². The zero-order valence-corrected chi connectivity index (χ0v) is 18.8. The van der Waals surface area contributed by atoms with E-state index in [4.69, 9.17) is 11.6 Å². The van der Waals surface area contributed by atoms with Crippen molar-refractivity contribution in [3.8, 4) is 0 Å². The summed E-state index contributed by atoms with van der Waals surface area (Å²) in [6, 6.07) is 12.3. The average Bonchev–Trinajstić information content (AvgIpc) is 2.68. The monoisotopic (exact) mass is 492 g/mol. The van der Waals surface area contributed by atoms with Gasteiger partial charge in [0.25, 0.3) is 11.8 Å². The van der Waals surface area contributed by atoms with Gasteiger partial charge in [-0.2, -0.15) is 0 Å². The molecule has 0 saturated carbocycles. The standard InChI is InChI=1S/C22H22BrClN2O4/c1-13(2)11-19(22(29)30)26-21(28)18(12-15-5-3-4-6-17(15)24)25-20(27)14-7-9-16(23)10-8-14/h3-10,12-13,19H,11H2,1-2H3,(H,25,27)(H,26,28)(H,29,30)/b18-12-/t19-/m0/s1. The first-order chi connectivity index (χ1) is 14.2. The van der Waals surface area contributed by atoms with Crippen LogP contribution in [0.1, 0.15) is 36.2 Å². The van der Waals surface area contributed by atoms with Crippen molar-refractivity contribution in [1.82, 2.24) is 10.6 Å². The van der Waals surface area contributed by atoms with Gasteiger partial charge >= 0.3 is 5.97 Å². The molecule has 158 valence electrons. The third kappa shape index (κ3) is 7.00. The van der Waals surface area contributed by atoms with Crippen LogP contribution >= 0.6 is 27.5 Å². The first-order valence-corrected chi connectivity index (χ1v) is 10.4. The molecule has 30 heavy (non-hydrogen) atoms. The maximum Gasteiger partial charge on any atom is 0.326 e. The molecule has 0 bridgehead atoms. The fourth-order valence-corrected chi connectivity index (χ4v) is 3.09. The zero-order valence-electron chi connectivity index (χ0n) is 16.5. The summed E-state index contributed by atoms with van der Waals surface area (Å²) in [6.07, 6.45) is 1.67. The Labute approximate surface area is 188 Å². The Morgan fingerprint density at radius 3 is 2.30 bits per heavy atom. The number of amides is 2. The van der Waals surface area contributed by atoms with E-state index in [1.165, 1.54) is 6.08 Å². The molecule has 0 aliphatic carbocycles. The molecule has 0 fully saturated rings. The van der Waals surface area contributed by atoms with E-state index in [0.29, 0.717) is 16.1 Å². The number of carboxylic acids is 1. The number of aliphatic carboxylic acids is 1. The van der Waals surface area contributed by atoms with Crippen molar-refractivity contribution >= 4 is 51.4 Å². The van der Waals surface area contributed by atoms with Crippen molar-refractivity contribution in [2.24, 2.45) is 5.92 Å². The first kappa shape index (κ1) is 23.6. The van der Waals surface area contributed by atoms with Crippen molar-refractivity contribution in [1.29, 1.82) is 0 Å². The highest BCUT2D eigenvalue weighted by atomic mass is 79.9. The summed E-state index contributed by atoms with van der Waals surface area (Å²) in [4.78, 5) is 37.0. The zero-order chi connectivity index (χ0) is 22.3. The maximum atomic E-state index is 12.9. The molecule has 0 unspecified atom stereocenters. The largest absolute Gasteiger partial charge is 0.480 e. The fourth-order valence-electron chi connectivity index (χ4n) is 2.63. The molecule has 6 nitrogen and oxygen atoms in total. The van der Waals surface area contributed by atoms with E-state index in [1.807, 2.05) is 13.8 Å². The van der Waals surface area contributed by atoms with Crippen molar-refractivity contribution in [2.45, 2.75) is 26.3 Å². The Balaban J connectivity index is 2.34. The van der Waals surface area contributed by atoms with Crippen LogP contribution in [0.2, 0.25) is 5.02 Å². The number of hydrogen-bond donors (Lipinski definition) is 3. The number of rotatable bonds is 8. The molecule has 2 aromatic carbocycles. The summed E-state index contributed by atoms with van der Waals surface area (Å²) >= 11 is 9.48. The van der Waals surface area contributed by atoms with Crippen molar-refractivity contribution in [2.75, 3.05) is 0 Å². The second kappa shape index (κ2) is 10.9. The molecule has 1 atom stereocenters. The van der Waals surface area contributed by atoms with Gasteiger partial charge in [0.15, 0.2) is 0 Å². The molecule has 3 N–H and O–H groups in total. The Kier molecular flexibility index (Phi) is 8.62. The highest BCUT2D eigenvalue weighted by Crippen LogP contribution is 2.18. The predicted molar refractivity (Wildman–Crippen MR) is 120 cm³/mol. The minimum absolute atomic E-state index is 0.0553. The van der Waals surface area contributed by atoms with Gasteiger partial charge in [-0.1, -0.05) is 59.6 Å². The van der Waals surface area contributed by atoms with Crippen LogP contribution in [0.25, 0.3) is 6.08 Å². The second-order valence-electron chi connectivity index (χ2n) is 7.03. The van der Waals surface area contributed by atoms with Gasteiger partial charge in [0.05, 0.1) is 0 Å². The van der Waals surface area contributed by atoms with Gasteiger partial charge in [-0.25, -0.2) is 4.79 Å². The SMILES string of the molecule is CC(C)C[C@H](NC(=O)/C(=C/c1ccccc1Cl)NC(=O)c1ccc(Br)cc1)C(=O)O. The molecule has 0 aliphatic rings. The van der Waals surface area contributed by atoms with Gasteiger partial charge in [-0.15, -0.1) is 0 Å². The first-order valence-electron chi connectivity index (χ1n) is 9.24. The minimum Gasteiger partial charge on any atom is -0.480 e. The maximum absolute atomic E-state index is 12.9. The molecule has 0 radical (unpaired) electrons. The lowest BCUT2D eigenvalue weighted by molar-refractivity contribution is -0.141. The van der Waals surface area contributed by atoms with Gasteiger partial charge in [0, 0.05) is 15.1 Å². The van der Waals surface area contributed by atoms with Crippen LogP contribution in [0.15, 0.2) is 58.7 Å². The summed E-state index contributed by atoms with van der Waals surface area (Å²) in [5.41, 5.74) is 0.746. The lowest BCUT2D eigenvalue weighted by atomic mass is 10.0. The fraction of sp³-hybridized carbons (Fsp3) is 0.227. The number of carboxylic acid groups (broad SMARTS) is 1. The highest BCUT2D eigenvalue weighted by Gasteiger charge is 2.24. The lowest BCUT2D eigenvalue weighted by Gasteiger charge is -2.18. The lowest BCUT2D eigenvalue weighted by Crippen LogP contribution is -2.45. The quantitative estimate of drug-likeness (QED) is 0.472.